The molecule has 8 nitrogen and oxygen atoms in total. The van der Waals surface area contributed by atoms with Crippen molar-refractivity contribution in [3.63, 3.8) is 0 Å². The number of anilines is 1. The van der Waals surface area contributed by atoms with E-state index in [0.29, 0.717) is 24.5 Å². The Hall–Kier alpha value is -2.33. The molecule has 2 aromatic carbocycles. The van der Waals surface area contributed by atoms with Crippen LogP contribution in [0, 0.1) is 6.92 Å². The third-order valence-electron chi connectivity index (χ3n) is 3.72. The molecular formula is C17H22N4O4S. The monoisotopic (exact) mass is 378 g/mol. The van der Waals surface area contributed by atoms with Gasteiger partial charge in [0.25, 0.3) is 0 Å². The Morgan fingerprint density at radius 3 is 2.12 bits per heavy atom. The van der Waals surface area contributed by atoms with Gasteiger partial charge in [-0.2, -0.15) is 10.2 Å². The van der Waals surface area contributed by atoms with Crippen molar-refractivity contribution in [1.82, 2.24) is 0 Å². The molecule has 0 heterocycles. The van der Waals surface area contributed by atoms with Gasteiger partial charge in [0.1, 0.15) is 0 Å². The first-order chi connectivity index (χ1) is 12.3. The molecule has 0 radical (unpaired) electrons. The Morgan fingerprint density at radius 1 is 1.00 bits per heavy atom. The highest BCUT2D eigenvalue weighted by Gasteiger charge is 2.08. The molecule has 0 fully saturated rings. The lowest BCUT2D eigenvalue weighted by Crippen LogP contribution is -2.29. The Kier molecular flexibility index (Phi) is 6.81. The summed E-state index contributed by atoms with van der Waals surface area (Å²) in [4.78, 5) is 1.89. The number of hydrogen-bond acceptors (Lipinski definition) is 7. The summed E-state index contributed by atoms with van der Waals surface area (Å²) in [5, 5.41) is 31.6. The molecule has 0 spiro atoms. The van der Waals surface area contributed by atoms with E-state index in [1.54, 1.807) is 6.07 Å². The van der Waals surface area contributed by atoms with Crippen molar-refractivity contribution in [3.05, 3.63) is 48.0 Å². The number of hydrogen-bond donors (Lipinski definition) is 3. The Balaban J connectivity index is 2.18. The van der Waals surface area contributed by atoms with Crippen LogP contribution in [0.4, 0.5) is 17.1 Å². The first-order valence-electron chi connectivity index (χ1n) is 7.97. The molecule has 4 N–H and O–H groups in total. The zero-order chi connectivity index (χ0) is 19.2. The number of nitrogens with two attached hydrogens (primary N) is 1. The second-order valence-corrected chi connectivity index (χ2v) is 7.21. The van der Waals surface area contributed by atoms with Gasteiger partial charge in [-0.25, -0.2) is 13.6 Å². The number of aliphatic hydroxyl groups excluding tert-OH is 2. The molecule has 2 aromatic rings. The molecule has 2 rings (SSSR count). The Morgan fingerprint density at radius 2 is 1.62 bits per heavy atom. The van der Waals surface area contributed by atoms with E-state index in [0.717, 1.165) is 11.3 Å². The maximum absolute atomic E-state index is 11.2. The van der Waals surface area contributed by atoms with E-state index in [1.807, 2.05) is 24.0 Å². The molecule has 0 aliphatic carbocycles. The molecule has 140 valence electrons. The third-order valence-corrected chi connectivity index (χ3v) is 4.65. The lowest BCUT2D eigenvalue weighted by atomic mass is 10.1. The summed E-state index contributed by atoms with van der Waals surface area (Å²) in [7, 11) is -3.73. The van der Waals surface area contributed by atoms with E-state index < -0.39 is 10.0 Å². The van der Waals surface area contributed by atoms with E-state index in [1.165, 1.54) is 24.3 Å². The van der Waals surface area contributed by atoms with Crippen molar-refractivity contribution in [1.29, 1.82) is 0 Å². The summed E-state index contributed by atoms with van der Waals surface area (Å²) in [6.07, 6.45) is 0. The number of aryl methyl sites for hydroxylation is 1. The van der Waals surface area contributed by atoms with Gasteiger partial charge in [0, 0.05) is 18.8 Å². The topological polar surface area (TPSA) is 129 Å². The second-order valence-electron chi connectivity index (χ2n) is 5.64. The Labute approximate surface area is 152 Å². The molecule has 0 saturated carbocycles. The first kappa shape index (κ1) is 20.0. The molecule has 0 bridgehead atoms. The highest BCUT2D eigenvalue weighted by Crippen LogP contribution is 2.27. The minimum atomic E-state index is -3.73. The summed E-state index contributed by atoms with van der Waals surface area (Å²) < 4.78 is 22.5. The van der Waals surface area contributed by atoms with Crippen molar-refractivity contribution in [2.75, 3.05) is 31.2 Å². The summed E-state index contributed by atoms with van der Waals surface area (Å²) in [5.74, 6) is 0. The van der Waals surface area contributed by atoms with Crippen molar-refractivity contribution >= 4 is 27.1 Å². The van der Waals surface area contributed by atoms with E-state index in [9.17, 15) is 8.42 Å². The van der Waals surface area contributed by atoms with Gasteiger partial charge in [0.2, 0.25) is 10.0 Å². The van der Waals surface area contributed by atoms with E-state index in [-0.39, 0.29) is 18.1 Å². The zero-order valence-electron chi connectivity index (χ0n) is 14.4. The van der Waals surface area contributed by atoms with E-state index >= 15 is 0 Å². The number of benzene rings is 2. The number of primary sulfonamides is 1. The predicted octanol–water partition coefficient (Wildman–Crippen LogP) is 1.85. The van der Waals surface area contributed by atoms with Crippen LogP contribution >= 0.6 is 0 Å². The fraction of sp³-hybridized carbons (Fsp3) is 0.294. The maximum atomic E-state index is 11.2. The largest absolute Gasteiger partial charge is 0.395 e. The minimum Gasteiger partial charge on any atom is -0.395 e. The molecule has 9 heteroatoms. The number of rotatable bonds is 8. The van der Waals surface area contributed by atoms with Crippen LogP contribution in [0.1, 0.15) is 5.56 Å². The average Bonchev–Trinajstić information content (AvgIpc) is 2.60. The fourth-order valence-corrected chi connectivity index (χ4v) is 2.89. The van der Waals surface area contributed by atoms with Crippen LogP contribution in [0.25, 0.3) is 0 Å². The number of nitrogens with zero attached hydrogens (tertiary/aromatic N) is 3. The van der Waals surface area contributed by atoms with Gasteiger partial charge in [-0.05, 0) is 55.0 Å². The van der Waals surface area contributed by atoms with Gasteiger partial charge in [0.15, 0.2) is 0 Å². The van der Waals surface area contributed by atoms with Gasteiger partial charge < -0.3 is 15.1 Å². The number of sulfonamides is 1. The normalized spacial score (nSPS) is 11.8. The molecule has 0 unspecified atom stereocenters. The number of aliphatic hydroxyl groups is 2. The third kappa shape index (κ3) is 5.33. The maximum Gasteiger partial charge on any atom is 0.238 e. The summed E-state index contributed by atoms with van der Waals surface area (Å²) in [6, 6.07) is 11.4. The van der Waals surface area contributed by atoms with Crippen LogP contribution in [0.3, 0.4) is 0 Å². The minimum absolute atomic E-state index is 0.00494. The lowest BCUT2D eigenvalue weighted by molar-refractivity contribution is 0.281. The van der Waals surface area contributed by atoms with Gasteiger partial charge in [-0.15, -0.1) is 0 Å². The highest BCUT2D eigenvalue weighted by atomic mass is 32.2. The van der Waals surface area contributed by atoms with Crippen molar-refractivity contribution in [2.24, 2.45) is 15.4 Å². The van der Waals surface area contributed by atoms with Crippen LogP contribution in [0.5, 0.6) is 0 Å². The fourth-order valence-electron chi connectivity index (χ4n) is 2.37. The predicted molar refractivity (Wildman–Crippen MR) is 99.6 cm³/mol. The summed E-state index contributed by atoms with van der Waals surface area (Å²) in [6.45, 7) is 2.73. The van der Waals surface area contributed by atoms with Gasteiger partial charge in [0.05, 0.1) is 29.5 Å². The van der Waals surface area contributed by atoms with E-state index in [2.05, 4.69) is 10.2 Å². The average molecular weight is 378 g/mol. The SMILES string of the molecule is Cc1cc(N(CCO)CCO)ccc1N=Nc1ccc(S(N)(=O)=O)cc1. The van der Waals surface area contributed by atoms with Crippen molar-refractivity contribution < 1.29 is 18.6 Å². The number of azo groups is 1. The molecular weight excluding hydrogens is 356 g/mol. The highest BCUT2D eigenvalue weighted by molar-refractivity contribution is 7.89. The van der Waals surface area contributed by atoms with E-state index in [4.69, 9.17) is 15.4 Å². The van der Waals surface area contributed by atoms with Crippen LogP contribution in [0.15, 0.2) is 57.6 Å². The van der Waals surface area contributed by atoms with Crippen LogP contribution in [0.2, 0.25) is 0 Å². The zero-order valence-corrected chi connectivity index (χ0v) is 15.2. The second kappa shape index (κ2) is 8.86. The summed E-state index contributed by atoms with van der Waals surface area (Å²) >= 11 is 0. The molecule has 0 aliphatic heterocycles. The quantitative estimate of drug-likeness (QED) is 0.604. The van der Waals surface area contributed by atoms with Gasteiger partial charge in [-0.3, -0.25) is 0 Å². The Bertz CT molecular complexity index is 861. The van der Waals surface area contributed by atoms with Gasteiger partial charge >= 0.3 is 0 Å². The smallest absolute Gasteiger partial charge is 0.238 e. The lowest BCUT2D eigenvalue weighted by Gasteiger charge is -2.23. The molecule has 0 aromatic heterocycles. The molecule has 0 aliphatic rings. The molecule has 0 atom stereocenters. The molecule has 0 saturated heterocycles. The van der Waals surface area contributed by atoms with Crippen molar-refractivity contribution in [2.45, 2.75) is 11.8 Å². The summed E-state index contributed by atoms with van der Waals surface area (Å²) in [5.41, 5.74) is 2.93. The van der Waals surface area contributed by atoms with Crippen LogP contribution in [-0.2, 0) is 10.0 Å². The standard InChI is InChI=1S/C17H22N4O4S/c1-13-12-15(21(8-10-22)9-11-23)4-7-17(13)20-19-14-2-5-16(6-3-14)26(18,24)25/h2-7,12,22-23H,8-11H2,1H3,(H2,18,24,25). The molecule has 0 amide bonds. The van der Waals surface area contributed by atoms with Crippen LogP contribution < -0.4 is 10.0 Å². The van der Waals surface area contributed by atoms with Crippen molar-refractivity contribution in [3.8, 4) is 0 Å². The molecule has 26 heavy (non-hydrogen) atoms. The van der Waals surface area contributed by atoms with Crippen LogP contribution in [-0.4, -0.2) is 44.9 Å². The van der Waals surface area contributed by atoms with Gasteiger partial charge in [-0.1, -0.05) is 0 Å². The first-order valence-corrected chi connectivity index (χ1v) is 9.51.